The molecule has 112 valence electrons. The summed E-state index contributed by atoms with van der Waals surface area (Å²) >= 11 is 7.31. The highest BCUT2D eigenvalue weighted by molar-refractivity contribution is 7.16. The Morgan fingerprint density at radius 3 is 3.10 bits per heavy atom. The fourth-order valence-electron chi connectivity index (χ4n) is 2.03. The summed E-state index contributed by atoms with van der Waals surface area (Å²) < 4.78 is 11.9. The first-order chi connectivity index (χ1) is 9.65. The van der Waals surface area contributed by atoms with Gasteiger partial charge < -0.3 is 14.8 Å². The molecule has 0 bridgehead atoms. The SMILES string of the molecule is C[C@@H](OC[C@@H]1CCCCO1)C(=O)NCc1ccc(Cl)s1. The van der Waals surface area contributed by atoms with Gasteiger partial charge in [-0.05, 0) is 38.3 Å². The molecule has 1 N–H and O–H groups in total. The van der Waals surface area contributed by atoms with Crippen molar-refractivity contribution in [1.82, 2.24) is 5.32 Å². The molecule has 1 amide bonds. The molecule has 0 aromatic carbocycles. The summed E-state index contributed by atoms with van der Waals surface area (Å²) in [5.41, 5.74) is 0. The summed E-state index contributed by atoms with van der Waals surface area (Å²) in [6, 6.07) is 3.74. The van der Waals surface area contributed by atoms with Crippen molar-refractivity contribution < 1.29 is 14.3 Å². The first-order valence-corrected chi connectivity index (χ1v) is 8.09. The van der Waals surface area contributed by atoms with Crippen LogP contribution in [0.3, 0.4) is 0 Å². The number of nitrogens with one attached hydrogen (secondary N) is 1. The van der Waals surface area contributed by atoms with E-state index in [0.717, 1.165) is 28.7 Å². The van der Waals surface area contributed by atoms with Crippen LogP contribution in [0.1, 0.15) is 31.1 Å². The van der Waals surface area contributed by atoms with Crippen LogP contribution in [0.25, 0.3) is 0 Å². The van der Waals surface area contributed by atoms with Crippen LogP contribution in [-0.4, -0.2) is 31.3 Å². The number of halogens is 1. The smallest absolute Gasteiger partial charge is 0.249 e. The zero-order chi connectivity index (χ0) is 14.4. The minimum absolute atomic E-state index is 0.106. The molecule has 2 rings (SSSR count). The van der Waals surface area contributed by atoms with E-state index in [0.29, 0.717) is 13.2 Å². The van der Waals surface area contributed by atoms with Gasteiger partial charge in [0.05, 0.1) is 23.6 Å². The third-order valence-corrected chi connectivity index (χ3v) is 4.47. The topological polar surface area (TPSA) is 47.6 Å². The van der Waals surface area contributed by atoms with Crippen molar-refractivity contribution in [2.45, 2.75) is 44.9 Å². The lowest BCUT2D eigenvalue weighted by atomic mass is 10.1. The molecule has 20 heavy (non-hydrogen) atoms. The second kappa shape index (κ2) is 7.98. The third kappa shape index (κ3) is 5.05. The van der Waals surface area contributed by atoms with Crippen LogP contribution >= 0.6 is 22.9 Å². The Bertz CT molecular complexity index is 432. The Hall–Kier alpha value is -0.620. The quantitative estimate of drug-likeness (QED) is 0.877. The molecular weight excluding hydrogens is 298 g/mol. The monoisotopic (exact) mass is 317 g/mol. The molecule has 0 aliphatic carbocycles. The maximum absolute atomic E-state index is 11.9. The highest BCUT2D eigenvalue weighted by atomic mass is 35.5. The van der Waals surface area contributed by atoms with Gasteiger partial charge in [0.25, 0.3) is 0 Å². The number of hydrogen-bond acceptors (Lipinski definition) is 4. The molecular formula is C14H20ClNO3S. The van der Waals surface area contributed by atoms with Gasteiger partial charge in [-0.25, -0.2) is 0 Å². The molecule has 4 nitrogen and oxygen atoms in total. The summed E-state index contributed by atoms with van der Waals surface area (Å²) in [6.07, 6.45) is 2.98. The van der Waals surface area contributed by atoms with E-state index in [-0.39, 0.29) is 12.0 Å². The largest absolute Gasteiger partial charge is 0.376 e. The molecule has 2 atom stereocenters. The molecule has 1 aliphatic heterocycles. The van der Waals surface area contributed by atoms with Gasteiger partial charge >= 0.3 is 0 Å². The minimum Gasteiger partial charge on any atom is -0.376 e. The second-order valence-corrected chi connectivity index (χ2v) is 6.69. The Morgan fingerprint density at radius 2 is 2.45 bits per heavy atom. The normalized spacial score (nSPS) is 20.6. The fraction of sp³-hybridized carbons (Fsp3) is 0.643. The van der Waals surface area contributed by atoms with E-state index in [1.807, 2.05) is 12.1 Å². The van der Waals surface area contributed by atoms with Crippen LogP contribution in [0.5, 0.6) is 0 Å². The number of hydrogen-bond donors (Lipinski definition) is 1. The van der Waals surface area contributed by atoms with Gasteiger partial charge in [-0.2, -0.15) is 0 Å². The zero-order valence-corrected chi connectivity index (χ0v) is 13.1. The van der Waals surface area contributed by atoms with Crippen molar-refractivity contribution in [3.63, 3.8) is 0 Å². The number of ether oxygens (including phenoxy) is 2. The summed E-state index contributed by atoms with van der Waals surface area (Å²) in [7, 11) is 0. The van der Waals surface area contributed by atoms with Gasteiger partial charge in [-0.1, -0.05) is 11.6 Å². The van der Waals surface area contributed by atoms with Crippen LogP contribution in [0, 0.1) is 0 Å². The molecule has 1 aromatic heterocycles. The summed E-state index contributed by atoms with van der Waals surface area (Å²) in [5.74, 6) is -0.106. The van der Waals surface area contributed by atoms with E-state index >= 15 is 0 Å². The summed E-state index contributed by atoms with van der Waals surface area (Å²) in [6.45, 7) is 3.54. The van der Waals surface area contributed by atoms with Crippen LogP contribution in [0.15, 0.2) is 12.1 Å². The number of thiophene rings is 1. The van der Waals surface area contributed by atoms with E-state index in [1.165, 1.54) is 17.8 Å². The van der Waals surface area contributed by atoms with Gasteiger partial charge in [0.2, 0.25) is 5.91 Å². The standard InChI is InChI=1S/C14H20ClNO3S/c1-10(19-9-11-4-2-3-7-18-11)14(17)16-8-12-5-6-13(15)20-12/h5-6,10-11H,2-4,7-9H2,1H3,(H,16,17)/t10-,11+/m1/s1. The van der Waals surface area contributed by atoms with Crippen LogP contribution in [-0.2, 0) is 20.8 Å². The van der Waals surface area contributed by atoms with Gasteiger partial charge in [-0.15, -0.1) is 11.3 Å². The maximum atomic E-state index is 11.9. The Labute approximate surface area is 128 Å². The predicted molar refractivity (Wildman–Crippen MR) is 80.2 cm³/mol. The fourth-order valence-corrected chi connectivity index (χ4v) is 3.06. The molecule has 0 unspecified atom stereocenters. The predicted octanol–water partition coefficient (Wildman–Crippen LogP) is 2.99. The molecule has 0 radical (unpaired) electrons. The highest BCUT2D eigenvalue weighted by Crippen LogP contribution is 2.21. The Balaban J connectivity index is 1.66. The number of carbonyl (C=O) groups excluding carboxylic acids is 1. The van der Waals surface area contributed by atoms with E-state index in [1.54, 1.807) is 6.92 Å². The van der Waals surface area contributed by atoms with Crippen molar-refractivity contribution in [2.75, 3.05) is 13.2 Å². The average molecular weight is 318 g/mol. The molecule has 0 spiro atoms. The number of amides is 1. The summed E-state index contributed by atoms with van der Waals surface area (Å²) in [4.78, 5) is 12.9. The van der Waals surface area contributed by atoms with Crippen LogP contribution in [0.2, 0.25) is 4.34 Å². The van der Waals surface area contributed by atoms with E-state index in [9.17, 15) is 4.79 Å². The first kappa shape index (κ1) is 15.8. The molecule has 1 saturated heterocycles. The molecule has 6 heteroatoms. The van der Waals surface area contributed by atoms with E-state index < -0.39 is 6.10 Å². The average Bonchev–Trinajstić information content (AvgIpc) is 2.89. The maximum Gasteiger partial charge on any atom is 0.249 e. The first-order valence-electron chi connectivity index (χ1n) is 6.90. The van der Waals surface area contributed by atoms with Gasteiger partial charge in [0, 0.05) is 11.5 Å². The van der Waals surface area contributed by atoms with Crippen molar-refractivity contribution >= 4 is 28.8 Å². The Kier molecular flexibility index (Phi) is 6.29. The van der Waals surface area contributed by atoms with Gasteiger partial charge in [0.1, 0.15) is 6.10 Å². The van der Waals surface area contributed by atoms with Crippen molar-refractivity contribution in [2.24, 2.45) is 0 Å². The molecule has 1 aliphatic rings. The van der Waals surface area contributed by atoms with E-state index in [2.05, 4.69) is 5.32 Å². The Morgan fingerprint density at radius 1 is 1.60 bits per heavy atom. The highest BCUT2D eigenvalue weighted by Gasteiger charge is 2.18. The van der Waals surface area contributed by atoms with Crippen molar-refractivity contribution in [3.05, 3.63) is 21.3 Å². The molecule has 0 saturated carbocycles. The van der Waals surface area contributed by atoms with E-state index in [4.69, 9.17) is 21.1 Å². The van der Waals surface area contributed by atoms with Crippen LogP contribution < -0.4 is 5.32 Å². The van der Waals surface area contributed by atoms with Crippen LogP contribution in [0.4, 0.5) is 0 Å². The van der Waals surface area contributed by atoms with Crippen molar-refractivity contribution in [3.8, 4) is 0 Å². The summed E-state index contributed by atoms with van der Waals surface area (Å²) in [5, 5.41) is 2.85. The molecule has 2 heterocycles. The lowest BCUT2D eigenvalue weighted by Gasteiger charge is -2.23. The van der Waals surface area contributed by atoms with Crippen molar-refractivity contribution in [1.29, 1.82) is 0 Å². The molecule has 1 fully saturated rings. The minimum atomic E-state index is -0.462. The van der Waals surface area contributed by atoms with Gasteiger partial charge in [0.15, 0.2) is 0 Å². The molecule has 1 aromatic rings. The zero-order valence-electron chi connectivity index (χ0n) is 11.6. The lowest BCUT2D eigenvalue weighted by Crippen LogP contribution is -2.36. The second-order valence-electron chi connectivity index (χ2n) is 4.89. The number of rotatable bonds is 6. The third-order valence-electron chi connectivity index (χ3n) is 3.24. The number of carbonyl (C=O) groups is 1. The lowest BCUT2D eigenvalue weighted by molar-refractivity contribution is -0.135. The van der Waals surface area contributed by atoms with Gasteiger partial charge in [-0.3, -0.25) is 4.79 Å².